The van der Waals surface area contributed by atoms with Gasteiger partial charge in [-0.3, -0.25) is 19.8 Å². The Labute approximate surface area is 137 Å². The molecule has 0 radical (unpaired) electrons. The molecule has 2 N–H and O–H groups in total. The SMILES string of the molecule is O=C(COc1ccccc1-n1cnnc1)Nc1n[nH]c(C2CC2)n1. The number of anilines is 1. The highest BCUT2D eigenvalue weighted by Gasteiger charge is 2.27. The van der Waals surface area contributed by atoms with E-state index in [0.717, 1.165) is 24.4 Å². The molecule has 0 saturated heterocycles. The maximum atomic E-state index is 12.0. The van der Waals surface area contributed by atoms with Crippen molar-refractivity contribution in [2.45, 2.75) is 18.8 Å². The van der Waals surface area contributed by atoms with Gasteiger partial charge >= 0.3 is 0 Å². The molecule has 0 aliphatic heterocycles. The van der Waals surface area contributed by atoms with Crippen LogP contribution >= 0.6 is 0 Å². The standard InChI is InChI=1S/C15H15N7O2/c23-13(18-15-19-14(20-21-15)10-5-6-10)7-24-12-4-2-1-3-11(12)22-8-16-17-9-22/h1-4,8-10H,5-7H2,(H2,18,19,20,21,23). The molecule has 0 unspecified atom stereocenters. The summed E-state index contributed by atoms with van der Waals surface area (Å²) in [5, 5.41) is 17.0. The summed E-state index contributed by atoms with van der Waals surface area (Å²) in [6.07, 6.45) is 5.36. The maximum absolute atomic E-state index is 12.0. The van der Waals surface area contributed by atoms with Crippen molar-refractivity contribution in [3.05, 3.63) is 42.7 Å². The summed E-state index contributed by atoms with van der Waals surface area (Å²) in [5.41, 5.74) is 0.754. The van der Waals surface area contributed by atoms with E-state index in [4.69, 9.17) is 4.74 Å². The molecule has 2 aromatic heterocycles. The number of ether oxygens (including phenoxy) is 1. The smallest absolute Gasteiger partial charge is 0.264 e. The number of benzene rings is 1. The van der Waals surface area contributed by atoms with Crippen molar-refractivity contribution in [2.24, 2.45) is 0 Å². The third kappa shape index (κ3) is 3.09. The number of H-pyrrole nitrogens is 1. The van der Waals surface area contributed by atoms with Crippen molar-refractivity contribution in [3.8, 4) is 11.4 Å². The summed E-state index contributed by atoms with van der Waals surface area (Å²) in [4.78, 5) is 16.3. The van der Waals surface area contributed by atoms with Crippen LogP contribution in [0, 0.1) is 0 Å². The fraction of sp³-hybridized carbons (Fsp3) is 0.267. The van der Waals surface area contributed by atoms with Gasteiger partial charge in [-0.1, -0.05) is 12.1 Å². The first-order chi connectivity index (χ1) is 11.8. The summed E-state index contributed by atoms with van der Waals surface area (Å²) in [7, 11) is 0. The normalized spacial score (nSPS) is 13.7. The first kappa shape index (κ1) is 14.4. The molecule has 9 heteroatoms. The number of nitrogens with zero attached hydrogens (tertiary/aromatic N) is 5. The zero-order valence-electron chi connectivity index (χ0n) is 12.7. The monoisotopic (exact) mass is 325 g/mol. The average molecular weight is 325 g/mol. The number of rotatable bonds is 6. The van der Waals surface area contributed by atoms with Crippen LogP contribution in [0.25, 0.3) is 5.69 Å². The molecule has 9 nitrogen and oxygen atoms in total. The van der Waals surface area contributed by atoms with Gasteiger partial charge in [-0.25, -0.2) is 0 Å². The van der Waals surface area contributed by atoms with Gasteiger partial charge in [-0.2, -0.15) is 4.98 Å². The highest BCUT2D eigenvalue weighted by molar-refractivity contribution is 5.90. The van der Waals surface area contributed by atoms with Crippen LogP contribution in [-0.2, 0) is 4.79 Å². The Balaban J connectivity index is 1.38. The Kier molecular flexibility index (Phi) is 3.66. The van der Waals surface area contributed by atoms with Gasteiger partial charge in [0.1, 0.15) is 24.2 Å². The summed E-state index contributed by atoms with van der Waals surface area (Å²) in [6, 6.07) is 7.34. The molecular weight excluding hydrogens is 310 g/mol. The van der Waals surface area contributed by atoms with Gasteiger partial charge in [0.2, 0.25) is 5.95 Å². The minimum atomic E-state index is -0.324. The van der Waals surface area contributed by atoms with E-state index in [1.54, 1.807) is 23.3 Å². The molecule has 24 heavy (non-hydrogen) atoms. The van der Waals surface area contributed by atoms with Crippen LogP contribution in [-0.4, -0.2) is 42.5 Å². The van der Waals surface area contributed by atoms with E-state index in [0.29, 0.717) is 11.7 Å². The van der Waals surface area contributed by atoms with Crippen molar-refractivity contribution in [2.75, 3.05) is 11.9 Å². The van der Waals surface area contributed by atoms with Gasteiger partial charge in [0.05, 0.1) is 5.69 Å². The Bertz CT molecular complexity index is 839. The maximum Gasteiger partial charge on any atom is 0.264 e. The second-order valence-electron chi connectivity index (χ2n) is 5.49. The molecule has 2 heterocycles. The van der Waals surface area contributed by atoms with Gasteiger partial charge in [-0.15, -0.1) is 15.3 Å². The highest BCUT2D eigenvalue weighted by Crippen LogP contribution is 2.38. The predicted octanol–water partition coefficient (Wildman–Crippen LogP) is 1.28. The number of amides is 1. The number of nitrogens with one attached hydrogen (secondary N) is 2. The van der Waals surface area contributed by atoms with Crippen LogP contribution in [0.3, 0.4) is 0 Å². The molecule has 1 saturated carbocycles. The summed E-state index contributed by atoms with van der Waals surface area (Å²) >= 11 is 0. The Morgan fingerprint density at radius 3 is 2.88 bits per heavy atom. The van der Waals surface area contributed by atoms with Gasteiger partial charge in [0, 0.05) is 5.92 Å². The molecule has 1 aromatic carbocycles. The fourth-order valence-electron chi connectivity index (χ4n) is 2.29. The minimum Gasteiger partial charge on any atom is -0.482 e. The topological polar surface area (TPSA) is 111 Å². The van der Waals surface area contributed by atoms with Crippen molar-refractivity contribution in [1.82, 2.24) is 29.9 Å². The van der Waals surface area contributed by atoms with E-state index in [1.165, 1.54) is 0 Å². The van der Waals surface area contributed by atoms with E-state index >= 15 is 0 Å². The minimum absolute atomic E-state index is 0.146. The lowest BCUT2D eigenvalue weighted by Gasteiger charge is -2.10. The van der Waals surface area contributed by atoms with E-state index in [9.17, 15) is 4.79 Å². The first-order valence-corrected chi connectivity index (χ1v) is 7.58. The van der Waals surface area contributed by atoms with Gasteiger partial charge < -0.3 is 4.74 Å². The van der Waals surface area contributed by atoms with Crippen molar-refractivity contribution < 1.29 is 9.53 Å². The lowest BCUT2D eigenvalue weighted by Crippen LogP contribution is -2.21. The molecular formula is C15H15N7O2. The second-order valence-corrected chi connectivity index (χ2v) is 5.49. The van der Waals surface area contributed by atoms with E-state index in [2.05, 4.69) is 30.7 Å². The number of hydrogen-bond donors (Lipinski definition) is 2. The highest BCUT2D eigenvalue weighted by atomic mass is 16.5. The summed E-state index contributed by atoms with van der Waals surface area (Å²) < 4.78 is 7.32. The van der Waals surface area contributed by atoms with Gasteiger partial charge in [0.15, 0.2) is 6.61 Å². The number of carbonyl (C=O) groups is 1. The third-order valence-electron chi connectivity index (χ3n) is 3.64. The molecule has 1 amide bonds. The number of hydrogen-bond acceptors (Lipinski definition) is 6. The van der Waals surface area contributed by atoms with Crippen LogP contribution in [0.2, 0.25) is 0 Å². The fourth-order valence-corrected chi connectivity index (χ4v) is 2.29. The number of aromatic amines is 1. The van der Waals surface area contributed by atoms with Crippen LogP contribution in [0.1, 0.15) is 24.6 Å². The van der Waals surface area contributed by atoms with Crippen LogP contribution in [0.5, 0.6) is 5.75 Å². The van der Waals surface area contributed by atoms with E-state index < -0.39 is 0 Å². The van der Waals surface area contributed by atoms with E-state index in [-0.39, 0.29) is 18.5 Å². The lowest BCUT2D eigenvalue weighted by molar-refractivity contribution is -0.118. The molecule has 0 atom stereocenters. The molecule has 1 aliphatic carbocycles. The molecule has 0 spiro atoms. The van der Waals surface area contributed by atoms with Crippen molar-refractivity contribution in [3.63, 3.8) is 0 Å². The van der Waals surface area contributed by atoms with Crippen molar-refractivity contribution >= 4 is 11.9 Å². The molecule has 1 fully saturated rings. The molecule has 122 valence electrons. The largest absolute Gasteiger partial charge is 0.482 e. The number of aromatic nitrogens is 6. The second kappa shape index (κ2) is 6.11. The van der Waals surface area contributed by atoms with Crippen molar-refractivity contribution in [1.29, 1.82) is 0 Å². The Morgan fingerprint density at radius 2 is 2.08 bits per heavy atom. The molecule has 1 aliphatic rings. The van der Waals surface area contributed by atoms with Crippen LogP contribution in [0.15, 0.2) is 36.9 Å². The van der Waals surface area contributed by atoms with Crippen LogP contribution < -0.4 is 10.1 Å². The van der Waals surface area contributed by atoms with Crippen LogP contribution in [0.4, 0.5) is 5.95 Å². The van der Waals surface area contributed by atoms with Gasteiger partial charge in [0.25, 0.3) is 5.91 Å². The zero-order chi connectivity index (χ0) is 16.4. The quantitative estimate of drug-likeness (QED) is 0.706. The lowest BCUT2D eigenvalue weighted by atomic mass is 10.3. The Morgan fingerprint density at radius 1 is 1.29 bits per heavy atom. The molecule has 3 aromatic rings. The number of carbonyl (C=O) groups excluding carboxylic acids is 1. The third-order valence-corrected chi connectivity index (χ3v) is 3.64. The molecule has 4 rings (SSSR count). The summed E-state index contributed by atoms with van der Waals surface area (Å²) in [6.45, 7) is -0.146. The summed E-state index contributed by atoms with van der Waals surface area (Å²) in [5.74, 6) is 1.79. The predicted molar refractivity (Wildman–Crippen MR) is 83.8 cm³/mol. The first-order valence-electron chi connectivity index (χ1n) is 7.58. The van der Waals surface area contributed by atoms with E-state index in [1.807, 2.05) is 18.2 Å². The average Bonchev–Trinajstić information content (AvgIpc) is 3.10. The Hall–Kier alpha value is -3.23. The molecule has 0 bridgehead atoms. The van der Waals surface area contributed by atoms with Gasteiger partial charge in [-0.05, 0) is 25.0 Å². The number of para-hydroxylation sites is 2. The zero-order valence-corrected chi connectivity index (χ0v) is 12.7.